The van der Waals surface area contributed by atoms with Crippen LogP contribution in [0.5, 0.6) is 11.5 Å². The largest absolute Gasteiger partial charge is 0.496 e. The number of carbonyl (C=O) groups excluding carboxylic acids is 1. The monoisotopic (exact) mass is 453 g/mol. The molecule has 2 N–H and O–H groups in total. The minimum Gasteiger partial charge on any atom is -0.496 e. The SMILES string of the molecule is COc1ccc(Cl)cc1C(=O)NCCc1ccc(-c2ccc(OC(C)(C)CO)cc2)cc1. The highest BCUT2D eigenvalue weighted by atomic mass is 35.5. The molecule has 3 aromatic carbocycles. The molecule has 0 saturated carbocycles. The highest BCUT2D eigenvalue weighted by Gasteiger charge is 2.18. The third-order valence-corrected chi connectivity index (χ3v) is 5.26. The number of rotatable bonds is 9. The quantitative estimate of drug-likeness (QED) is 0.471. The van der Waals surface area contributed by atoms with Gasteiger partial charge in [-0.15, -0.1) is 0 Å². The molecular weight excluding hydrogens is 426 g/mol. The Bertz CT molecular complexity index is 1050. The summed E-state index contributed by atoms with van der Waals surface area (Å²) in [6.45, 7) is 4.13. The van der Waals surface area contributed by atoms with Crippen molar-refractivity contribution < 1.29 is 19.4 Å². The maximum atomic E-state index is 12.5. The maximum absolute atomic E-state index is 12.5. The van der Waals surface area contributed by atoms with Crippen LogP contribution in [0.15, 0.2) is 66.7 Å². The Morgan fingerprint density at radius 3 is 2.22 bits per heavy atom. The average molecular weight is 454 g/mol. The van der Waals surface area contributed by atoms with Crippen LogP contribution in [-0.2, 0) is 6.42 Å². The first kappa shape index (κ1) is 23.6. The Balaban J connectivity index is 1.56. The smallest absolute Gasteiger partial charge is 0.255 e. The van der Waals surface area contributed by atoms with Crippen molar-refractivity contribution in [3.63, 3.8) is 0 Å². The molecule has 32 heavy (non-hydrogen) atoms. The van der Waals surface area contributed by atoms with Gasteiger partial charge in [0.25, 0.3) is 5.91 Å². The number of benzene rings is 3. The van der Waals surface area contributed by atoms with Crippen molar-refractivity contribution >= 4 is 17.5 Å². The molecule has 6 heteroatoms. The number of aliphatic hydroxyl groups is 1. The summed E-state index contributed by atoms with van der Waals surface area (Å²) in [5, 5.41) is 12.7. The van der Waals surface area contributed by atoms with Crippen molar-refractivity contribution in [2.45, 2.75) is 25.9 Å². The molecule has 1 amide bonds. The van der Waals surface area contributed by atoms with Crippen molar-refractivity contribution in [2.24, 2.45) is 0 Å². The number of amides is 1. The average Bonchev–Trinajstić information content (AvgIpc) is 2.80. The number of halogens is 1. The molecule has 0 radical (unpaired) electrons. The van der Waals surface area contributed by atoms with Crippen molar-refractivity contribution in [3.05, 3.63) is 82.9 Å². The van der Waals surface area contributed by atoms with Gasteiger partial charge < -0.3 is 19.9 Å². The van der Waals surface area contributed by atoms with Gasteiger partial charge in [-0.2, -0.15) is 0 Å². The highest BCUT2D eigenvalue weighted by Crippen LogP contribution is 2.25. The molecule has 0 fully saturated rings. The van der Waals surface area contributed by atoms with Crippen LogP contribution in [-0.4, -0.2) is 36.9 Å². The topological polar surface area (TPSA) is 67.8 Å². The molecule has 0 unspecified atom stereocenters. The minimum atomic E-state index is -0.615. The molecule has 0 aliphatic heterocycles. The summed E-state index contributed by atoms with van der Waals surface area (Å²) in [6, 6.07) is 21.0. The predicted molar refractivity (Wildman–Crippen MR) is 128 cm³/mol. The zero-order valence-corrected chi connectivity index (χ0v) is 19.3. The first-order valence-electron chi connectivity index (χ1n) is 10.4. The Morgan fingerprint density at radius 1 is 1.00 bits per heavy atom. The summed E-state index contributed by atoms with van der Waals surface area (Å²) < 4.78 is 11.0. The van der Waals surface area contributed by atoms with E-state index in [1.165, 1.54) is 7.11 Å². The molecule has 0 saturated heterocycles. The van der Waals surface area contributed by atoms with Crippen LogP contribution in [0, 0.1) is 0 Å². The first-order chi connectivity index (χ1) is 15.3. The van der Waals surface area contributed by atoms with Crippen molar-refractivity contribution in [3.8, 4) is 22.6 Å². The second-order valence-corrected chi connectivity index (χ2v) is 8.53. The van der Waals surface area contributed by atoms with Crippen LogP contribution in [0.2, 0.25) is 5.02 Å². The fourth-order valence-corrected chi connectivity index (χ4v) is 3.38. The molecule has 0 heterocycles. The van der Waals surface area contributed by atoms with E-state index in [2.05, 4.69) is 29.6 Å². The standard InChI is InChI=1S/C26H28ClNO4/c1-26(2,17-29)32-22-11-8-20(9-12-22)19-6-4-18(5-7-19)14-15-28-25(30)23-16-21(27)10-13-24(23)31-3/h4-13,16,29H,14-15,17H2,1-3H3,(H,28,30). The number of hydrogen-bond donors (Lipinski definition) is 2. The Morgan fingerprint density at radius 2 is 1.62 bits per heavy atom. The lowest BCUT2D eigenvalue weighted by molar-refractivity contribution is 0.0413. The fraction of sp³-hybridized carbons (Fsp3) is 0.269. The molecule has 3 rings (SSSR count). The first-order valence-corrected chi connectivity index (χ1v) is 10.8. The predicted octanol–water partition coefficient (Wildman–Crippen LogP) is 5.14. The van der Waals surface area contributed by atoms with Crippen molar-refractivity contribution in [2.75, 3.05) is 20.3 Å². The van der Waals surface area contributed by atoms with Crippen LogP contribution in [0.4, 0.5) is 0 Å². The summed E-state index contributed by atoms with van der Waals surface area (Å²) in [4.78, 5) is 12.5. The van der Waals surface area contributed by atoms with E-state index in [1.807, 2.05) is 38.1 Å². The second kappa shape index (κ2) is 10.5. The van der Waals surface area contributed by atoms with E-state index < -0.39 is 5.60 Å². The van der Waals surface area contributed by atoms with Crippen molar-refractivity contribution in [1.82, 2.24) is 5.32 Å². The van der Waals surface area contributed by atoms with E-state index in [9.17, 15) is 9.90 Å². The van der Waals surface area contributed by atoms with Gasteiger partial charge in [-0.1, -0.05) is 48.0 Å². The molecule has 5 nitrogen and oxygen atoms in total. The molecular formula is C26H28ClNO4. The lowest BCUT2D eigenvalue weighted by atomic mass is 10.0. The van der Waals surface area contributed by atoms with Crippen LogP contribution in [0.1, 0.15) is 29.8 Å². The summed E-state index contributed by atoms with van der Waals surface area (Å²) in [6.07, 6.45) is 0.706. The highest BCUT2D eigenvalue weighted by molar-refractivity contribution is 6.31. The van der Waals surface area contributed by atoms with Gasteiger partial charge in [0.15, 0.2) is 0 Å². The zero-order chi connectivity index (χ0) is 23.1. The number of nitrogens with one attached hydrogen (secondary N) is 1. The lowest BCUT2D eigenvalue weighted by Gasteiger charge is -2.23. The van der Waals surface area contributed by atoms with E-state index in [1.54, 1.807) is 18.2 Å². The van der Waals surface area contributed by atoms with Crippen molar-refractivity contribution in [1.29, 1.82) is 0 Å². The van der Waals surface area contributed by atoms with E-state index in [0.29, 0.717) is 29.3 Å². The van der Waals surface area contributed by atoms with E-state index >= 15 is 0 Å². The maximum Gasteiger partial charge on any atom is 0.255 e. The molecule has 0 spiro atoms. The van der Waals surface area contributed by atoms with Gasteiger partial charge in [0, 0.05) is 11.6 Å². The van der Waals surface area contributed by atoms with Gasteiger partial charge in [0.2, 0.25) is 0 Å². The summed E-state index contributed by atoms with van der Waals surface area (Å²) in [5.41, 5.74) is 3.10. The molecule has 168 valence electrons. The van der Waals surface area contributed by atoms with E-state index in [-0.39, 0.29) is 12.5 Å². The molecule has 0 aromatic heterocycles. The van der Waals surface area contributed by atoms with E-state index in [4.69, 9.17) is 21.1 Å². The van der Waals surface area contributed by atoms with E-state index in [0.717, 1.165) is 22.4 Å². The van der Waals surface area contributed by atoms with Crippen LogP contribution in [0.25, 0.3) is 11.1 Å². The number of hydrogen-bond acceptors (Lipinski definition) is 4. The number of carbonyl (C=O) groups is 1. The van der Waals surface area contributed by atoms with Crippen LogP contribution < -0.4 is 14.8 Å². The number of aliphatic hydroxyl groups excluding tert-OH is 1. The molecule has 0 aliphatic rings. The van der Waals surface area contributed by atoms with Gasteiger partial charge in [-0.3, -0.25) is 4.79 Å². The summed E-state index contributed by atoms with van der Waals surface area (Å²) in [7, 11) is 1.53. The Hall–Kier alpha value is -3.02. The van der Waals surface area contributed by atoms with Gasteiger partial charge in [-0.05, 0) is 67.3 Å². The van der Waals surface area contributed by atoms with Gasteiger partial charge in [-0.25, -0.2) is 0 Å². The van der Waals surface area contributed by atoms with Crippen LogP contribution >= 0.6 is 11.6 Å². The fourth-order valence-electron chi connectivity index (χ4n) is 3.20. The molecule has 3 aromatic rings. The minimum absolute atomic E-state index is 0.0523. The third-order valence-electron chi connectivity index (χ3n) is 5.02. The normalized spacial score (nSPS) is 11.2. The molecule has 0 bridgehead atoms. The summed E-state index contributed by atoms with van der Waals surface area (Å²) >= 11 is 6.00. The van der Waals surface area contributed by atoms with Crippen LogP contribution in [0.3, 0.4) is 0 Å². The zero-order valence-electron chi connectivity index (χ0n) is 18.5. The third kappa shape index (κ3) is 6.25. The Labute approximate surface area is 194 Å². The van der Waals surface area contributed by atoms with Gasteiger partial charge >= 0.3 is 0 Å². The Kier molecular flexibility index (Phi) is 7.78. The molecule has 0 atom stereocenters. The number of methoxy groups -OCH3 is 1. The second-order valence-electron chi connectivity index (χ2n) is 8.09. The number of ether oxygens (including phenoxy) is 2. The molecule has 0 aliphatic carbocycles. The van der Waals surface area contributed by atoms with Gasteiger partial charge in [0.05, 0.1) is 19.3 Å². The lowest BCUT2D eigenvalue weighted by Crippen LogP contribution is -2.32. The summed E-state index contributed by atoms with van der Waals surface area (Å²) in [5.74, 6) is 0.997. The van der Waals surface area contributed by atoms with Gasteiger partial charge in [0.1, 0.15) is 17.1 Å².